The third kappa shape index (κ3) is 4.73. The standard InChI is InChI=1S/C19H30N4O/c1-4-20-19(23-13-7-8-14-23)21-15-16-9-11-17(12-10-16)18(24)22(5-2)6-3/h9-12H,4-8,13-15H2,1-3H3,(H,20,21). The quantitative estimate of drug-likeness (QED) is 0.644. The molecule has 24 heavy (non-hydrogen) atoms. The molecule has 0 unspecified atom stereocenters. The number of hydrogen-bond acceptors (Lipinski definition) is 2. The molecule has 0 saturated carbocycles. The van der Waals surface area contributed by atoms with Crippen LogP contribution in [0.15, 0.2) is 29.3 Å². The van der Waals surface area contributed by atoms with Crippen molar-refractivity contribution in [2.24, 2.45) is 4.99 Å². The van der Waals surface area contributed by atoms with Gasteiger partial charge in [-0.05, 0) is 51.3 Å². The van der Waals surface area contributed by atoms with Crippen LogP contribution >= 0.6 is 0 Å². The van der Waals surface area contributed by atoms with Gasteiger partial charge in [-0.2, -0.15) is 0 Å². The first-order valence-electron chi connectivity index (χ1n) is 9.11. The Hall–Kier alpha value is -2.04. The summed E-state index contributed by atoms with van der Waals surface area (Å²) in [4.78, 5) is 21.2. The van der Waals surface area contributed by atoms with E-state index >= 15 is 0 Å². The molecule has 0 radical (unpaired) electrons. The molecule has 132 valence electrons. The predicted molar refractivity (Wildman–Crippen MR) is 99.3 cm³/mol. The maximum atomic E-state index is 12.3. The molecule has 5 heteroatoms. The molecule has 1 aliphatic rings. The molecule has 1 aromatic carbocycles. The molecule has 2 rings (SSSR count). The average molecular weight is 330 g/mol. The van der Waals surface area contributed by atoms with E-state index in [2.05, 4.69) is 17.1 Å². The van der Waals surface area contributed by atoms with Gasteiger partial charge in [0.25, 0.3) is 5.91 Å². The zero-order chi connectivity index (χ0) is 17.4. The number of guanidine groups is 1. The van der Waals surface area contributed by atoms with Gasteiger partial charge in [-0.1, -0.05) is 12.1 Å². The third-order valence-electron chi connectivity index (χ3n) is 4.40. The second-order valence-corrected chi connectivity index (χ2v) is 6.04. The number of benzene rings is 1. The van der Waals surface area contributed by atoms with E-state index in [1.807, 2.05) is 43.0 Å². The number of rotatable bonds is 6. The Morgan fingerprint density at radius 3 is 2.29 bits per heavy atom. The van der Waals surface area contributed by atoms with Gasteiger partial charge < -0.3 is 15.1 Å². The molecule has 0 spiro atoms. The molecule has 1 fully saturated rings. The average Bonchev–Trinajstić information content (AvgIpc) is 3.14. The van der Waals surface area contributed by atoms with Crippen LogP contribution in [-0.4, -0.2) is 54.4 Å². The van der Waals surface area contributed by atoms with Crippen LogP contribution in [0.5, 0.6) is 0 Å². The molecule has 1 N–H and O–H groups in total. The second-order valence-electron chi connectivity index (χ2n) is 6.04. The van der Waals surface area contributed by atoms with Gasteiger partial charge >= 0.3 is 0 Å². The smallest absolute Gasteiger partial charge is 0.253 e. The second kappa shape index (κ2) is 9.30. The molecule has 0 atom stereocenters. The van der Waals surface area contributed by atoms with Crippen LogP contribution in [0.2, 0.25) is 0 Å². The first-order valence-corrected chi connectivity index (χ1v) is 9.11. The van der Waals surface area contributed by atoms with Crippen LogP contribution in [0, 0.1) is 0 Å². The third-order valence-corrected chi connectivity index (χ3v) is 4.40. The topological polar surface area (TPSA) is 47.9 Å². The fraction of sp³-hybridized carbons (Fsp3) is 0.579. The van der Waals surface area contributed by atoms with Crippen molar-refractivity contribution in [1.29, 1.82) is 0 Å². The summed E-state index contributed by atoms with van der Waals surface area (Å²) < 4.78 is 0. The van der Waals surface area contributed by atoms with Gasteiger partial charge in [-0.3, -0.25) is 4.79 Å². The summed E-state index contributed by atoms with van der Waals surface area (Å²) in [7, 11) is 0. The van der Waals surface area contributed by atoms with Gasteiger partial charge in [0.15, 0.2) is 5.96 Å². The monoisotopic (exact) mass is 330 g/mol. The SMILES string of the molecule is CCNC(=NCc1ccc(C(=O)N(CC)CC)cc1)N1CCCC1. The Kier molecular flexibility index (Phi) is 7.09. The lowest BCUT2D eigenvalue weighted by Crippen LogP contribution is -2.39. The van der Waals surface area contributed by atoms with Gasteiger partial charge in [0.2, 0.25) is 0 Å². The van der Waals surface area contributed by atoms with Crippen LogP contribution < -0.4 is 5.32 Å². The van der Waals surface area contributed by atoms with E-state index in [0.29, 0.717) is 6.54 Å². The van der Waals surface area contributed by atoms with Crippen LogP contribution in [0.4, 0.5) is 0 Å². The van der Waals surface area contributed by atoms with E-state index in [9.17, 15) is 4.79 Å². The lowest BCUT2D eigenvalue weighted by molar-refractivity contribution is 0.0773. The van der Waals surface area contributed by atoms with Crippen molar-refractivity contribution in [3.63, 3.8) is 0 Å². The molecule has 0 aromatic heterocycles. The molecule has 0 bridgehead atoms. The number of likely N-dealkylation sites (tertiary alicyclic amines) is 1. The van der Waals surface area contributed by atoms with Crippen molar-refractivity contribution in [2.75, 3.05) is 32.7 Å². The van der Waals surface area contributed by atoms with E-state index in [1.54, 1.807) is 0 Å². The molecule has 1 aromatic rings. The Labute approximate surface area is 145 Å². The first-order chi connectivity index (χ1) is 11.7. The summed E-state index contributed by atoms with van der Waals surface area (Å²) in [6, 6.07) is 7.84. The largest absolute Gasteiger partial charge is 0.357 e. The Morgan fingerprint density at radius 1 is 1.12 bits per heavy atom. The van der Waals surface area contributed by atoms with Crippen molar-refractivity contribution in [1.82, 2.24) is 15.1 Å². The number of carbonyl (C=O) groups excluding carboxylic acids is 1. The van der Waals surface area contributed by atoms with Crippen LogP contribution in [0.1, 0.15) is 49.5 Å². The lowest BCUT2D eigenvalue weighted by Gasteiger charge is -2.20. The van der Waals surface area contributed by atoms with Gasteiger partial charge in [0.1, 0.15) is 0 Å². The highest BCUT2D eigenvalue weighted by atomic mass is 16.2. The maximum Gasteiger partial charge on any atom is 0.253 e. The summed E-state index contributed by atoms with van der Waals surface area (Å²) >= 11 is 0. The van der Waals surface area contributed by atoms with Crippen LogP contribution in [0.3, 0.4) is 0 Å². The number of nitrogens with zero attached hydrogens (tertiary/aromatic N) is 3. The normalized spacial score (nSPS) is 14.8. The summed E-state index contributed by atoms with van der Waals surface area (Å²) in [5.41, 5.74) is 1.87. The minimum absolute atomic E-state index is 0.0976. The lowest BCUT2D eigenvalue weighted by atomic mass is 10.1. The van der Waals surface area contributed by atoms with Crippen molar-refractivity contribution in [3.05, 3.63) is 35.4 Å². The van der Waals surface area contributed by atoms with Crippen molar-refractivity contribution < 1.29 is 4.79 Å². The van der Waals surface area contributed by atoms with Gasteiger partial charge in [0, 0.05) is 38.3 Å². The number of nitrogens with one attached hydrogen (secondary N) is 1. The molecule has 5 nitrogen and oxygen atoms in total. The van der Waals surface area contributed by atoms with E-state index in [1.165, 1.54) is 12.8 Å². The molecule has 1 amide bonds. The highest BCUT2D eigenvalue weighted by molar-refractivity contribution is 5.94. The van der Waals surface area contributed by atoms with Crippen molar-refractivity contribution >= 4 is 11.9 Å². The Morgan fingerprint density at radius 2 is 1.75 bits per heavy atom. The molecule has 1 saturated heterocycles. The van der Waals surface area contributed by atoms with E-state index in [-0.39, 0.29) is 5.91 Å². The molecular weight excluding hydrogens is 300 g/mol. The van der Waals surface area contributed by atoms with E-state index in [0.717, 1.165) is 49.8 Å². The van der Waals surface area contributed by atoms with Crippen molar-refractivity contribution in [3.8, 4) is 0 Å². The maximum absolute atomic E-state index is 12.3. The Balaban J connectivity index is 2.02. The van der Waals surface area contributed by atoms with Crippen molar-refractivity contribution in [2.45, 2.75) is 40.2 Å². The number of hydrogen-bond donors (Lipinski definition) is 1. The van der Waals surface area contributed by atoms with Gasteiger partial charge in [0.05, 0.1) is 6.54 Å². The fourth-order valence-electron chi connectivity index (χ4n) is 2.97. The van der Waals surface area contributed by atoms with Gasteiger partial charge in [-0.15, -0.1) is 0 Å². The number of amides is 1. The highest BCUT2D eigenvalue weighted by Gasteiger charge is 2.15. The predicted octanol–water partition coefficient (Wildman–Crippen LogP) is 2.73. The molecule has 1 aliphatic heterocycles. The zero-order valence-corrected chi connectivity index (χ0v) is 15.2. The fourth-order valence-corrected chi connectivity index (χ4v) is 2.97. The molecular formula is C19H30N4O. The summed E-state index contributed by atoms with van der Waals surface area (Å²) in [5, 5.41) is 3.37. The Bertz CT molecular complexity index is 543. The minimum atomic E-state index is 0.0976. The van der Waals surface area contributed by atoms with Crippen LogP contribution in [-0.2, 0) is 6.54 Å². The van der Waals surface area contributed by atoms with Gasteiger partial charge in [-0.25, -0.2) is 4.99 Å². The highest BCUT2D eigenvalue weighted by Crippen LogP contribution is 2.11. The molecule has 0 aliphatic carbocycles. The molecule has 1 heterocycles. The number of aliphatic imine (C=N–C) groups is 1. The van der Waals surface area contributed by atoms with E-state index < -0.39 is 0 Å². The number of carbonyl (C=O) groups is 1. The minimum Gasteiger partial charge on any atom is -0.357 e. The summed E-state index contributed by atoms with van der Waals surface area (Å²) in [6.45, 7) is 11.3. The van der Waals surface area contributed by atoms with E-state index in [4.69, 9.17) is 4.99 Å². The summed E-state index contributed by atoms with van der Waals surface area (Å²) in [6.07, 6.45) is 2.49. The first kappa shape index (κ1) is 18.3. The zero-order valence-electron chi connectivity index (χ0n) is 15.2. The summed E-state index contributed by atoms with van der Waals surface area (Å²) in [5.74, 6) is 1.10. The van der Waals surface area contributed by atoms with Crippen LogP contribution in [0.25, 0.3) is 0 Å².